The number of nitrogens with zero attached hydrogens (tertiary/aromatic N) is 2. The summed E-state index contributed by atoms with van der Waals surface area (Å²) in [4.78, 5) is 7.95. The highest BCUT2D eigenvalue weighted by Crippen LogP contribution is 2.46. The molecule has 1 aromatic carbocycles. The lowest BCUT2D eigenvalue weighted by Crippen LogP contribution is -2.46. The molecule has 3 rings (SSSR count). The van der Waals surface area contributed by atoms with Gasteiger partial charge in [0.05, 0.1) is 18.5 Å². The maximum Gasteiger partial charge on any atom is 0.222 e. The Balaban J connectivity index is 1.56. The van der Waals surface area contributed by atoms with Crippen molar-refractivity contribution in [1.82, 2.24) is 9.97 Å². The van der Waals surface area contributed by atoms with Crippen molar-refractivity contribution in [2.24, 2.45) is 11.3 Å². The van der Waals surface area contributed by atoms with Gasteiger partial charge in [0.2, 0.25) is 5.95 Å². The van der Waals surface area contributed by atoms with Crippen LogP contribution in [0.25, 0.3) is 0 Å². The number of hydrogen-bond acceptors (Lipinski definition) is 6. The normalized spacial score (nSPS) is 23.3. The van der Waals surface area contributed by atoms with E-state index in [1.807, 2.05) is 6.07 Å². The average Bonchev–Trinajstić information content (AvgIpc) is 2.53. The van der Waals surface area contributed by atoms with Crippen molar-refractivity contribution in [2.45, 2.75) is 19.3 Å². The van der Waals surface area contributed by atoms with Crippen LogP contribution in [0.5, 0.6) is 0 Å². The lowest BCUT2D eigenvalue weighted by atomic mass is 9.60. The van der Waals surface area contributed by atoms with Gasteiger partial charge in [-0.3, -0.25) is 0 Å². The van der Waals surface area contributed by atoms with E-state index in [4.69, 9.17) is 11.5 Å². The minimum absolute atomic E-state index is 0.106. The van der Waals surface area contributed by atoms with E-state index in [9.17, 15) is 5.11 Å². The second kappa shape index (κ2) is 6.42. The summed E-state index contributed by atoms with van der Waals surface area (Å²) in [5, 5.41) is 13.0. The van der Waals surface area contributed by atoms with Gasteiger partial charge >= 0.3 is 0 Å². The molecule has 1 heterocycles. The fourth-order valence-electron chi connectivity index (χ4n) is 3.40. The third-order valence-corrected chi connectivity index (χ3v) is 4.61. The summed E-state index contributed by atoms with van der Waals surface area (Å²) in [6.07, 6.45) is 4.54. The van der Waals surface area contributed by atoms with Crippen molar-refractivity contribution in [3.63, 3.8) is 0 Å². The number of anilines is 3. The van der Waals surface area contributed by atoms with Crippen molar-refractivity contribution in [3.8, 4) is 0 Å². The van der Waals surface area contributed by atoms with E-state index < -0.39 is 0 Å². The number of benzene rings is 1. The molecule has 1 aliphatic carbocycles. The molecule has 1 aromatic heterocycles. The fourth-order valence-corrected chi connectivity index (χ4v) is 3.40. The van der Waals surface area contributed by atoms with Crippen LogP contribution in [0.4, 0.5) is 17.5 Å². The first-order valence-corrected chi connectivity index (χ1v) is 7.87. The number of aromatic nitrogens is 2. The smallest absolute Gasteiger partial charge is 0.222 e. The summed E-state index contributed by atoms with van der Waals surface area (Å²) < 4.78 is 0. The van der Waals surface area contributed by atoms with Crippen LogP contribution < -0.4 is 16.8 Å². The molecule has 6 N–H and O–H groups in total. The second-order valence-corrected chi connectivity index (χ2v) is 6.51. The number of hydrogen-bond donors (Lipinski definition) is 4. The van der Waals surface area contributed by atoms with Crippen LogP contribution in [-0.4, -0.2) is 28.2 Å². The Kier molecular flexibility index (Phi) is 4.34. The van der Waals surface area contributed by atoms with Gasteiger partial charge in [0, 0.05) is 12.0 Å². The van der Waals surface area contributed by atoms with Gasteiger partial charge in [-0.2, -0.15) is 4.98 Å². The molecule has 0 amide bonds. The first-order chi connectivity index (χ1) is 11.1. The number of rotatable bonds is 6. The topological polar surface area (TPSA) is 110 Å². The van der Waals surface area contributed by atoms with Crippen molar-refractivity contribution in [3.05, 3.63) is 42.1 Å². The van der Waals surface area contributed by atoms with Crippen LogP contribution in [0, 0.1) is 11.3 Å². The van der Waals surface area contributed by atoms with Gasteiger partial charge in [-0.1, -0.05) is 30.3 Å². The highest BCUT2D eigenvalue weighted by Gasteiger charge is 2.43. The van der Waals surface area contributed by atoms with E-state index in [2.05, 4.69) is 39.6 Å². The summed E-state index contributed by atoms with van der Waals surface area (Å²) in [5.74, 6) is 1.34. The van der Waals surface area contributed by atoms with Gasteiger partial charge in [0.25, 0.3) is 0 Å². The lowest BCUT2D eigenvalue weighted by molar-refractivity contribution is 0.00658. The number of nitrogen functional groups attached to an aromatic ring is 2. The average molecular weight is 313 g/mol. The molecule has 0 atom stereocenters. The van der Waals surface area contributed by atoms with E-state index in [0.717, 1.165) is 19.3 Å². The van der Waals surface area contributed by atoms with Crippen molar-refractivity contribution in [2.75, 3.05) is 29.9 Å². The molecular weight excluding hydrogens is 290 g/mol. The summed E-state index contributed by atoms with van der Waals surface area (Å²) in [6, 6.07) is 10.5. The molecule has 0 spiro atoms. The van der Waals surface area contributed by atoms with Crippen LogP contribution in [-0.2, 0) is 6.42 Å². The highest BCUT2D eigenvalue weighted by atomic mass is 16.3. The molecule has 0 saturated heterocycles. The van der Waals surface area contributed by atoms with E-state index in [1.54, 1.807) is 0 Å². The summed E-state index contributed by atoms with van der Waals surface area (Å²) in [6.45, 7) is 0.793. The molecule has 0 bridgehead atoms. The summed E-state index contributed by atoms with van der Waals surface area (Å²) in [5.41, 5.74) is 13.1. The van der Waals surface area contributed by atoms with E-state index in [-0.39, 0.29) is 18.0 Å². The van der Waals surface area contributed by atoms with Gasteiger partial charge in [-0.05, 0) is 30.7 Å². The third kappa shape index (κ3) is 3.53. The molecule has 6 nitrogen and oxygen atoms in total. The monoisotopic (exact) mass is 313 g/mol. The van der Waals surface area contributed by atoms with Gasteiger partial charge in [-0.15, -0.1) is 0 Å². The molecule has 0 aliphatic heterocycles. The van der Waals surface area contributed by atoms with Crippen molar-refractivity contribution in [1.29, 1.82) is 0 Å². The van der Waals surface area contributed by atoms with Crippen LogP contribution in [0.3, 0.4) is 0 Å². The van der Waals surface area contributed by atoms with Gasteiger partial charge in [-0.25, -0.2) is 4.98 Å². The van der Waals surface area contributed by atoms with Crippen molar-refractivity contribution < 1.29 is 5.11 Å². The minimum atomic E-state index is -0.106. The van der Waals surface area contributed by atoms with Gasteiger partial charge in [0.15, 0.2) is 5.82 Å². The zero-order valence-corrected chi connectivity index (χ0v) is 13.1. The number of aliphatic hydroxyl groups excluding tert-OH is 1. The zero-order chi connectivity index (χ0) is 16.3. The summed E-state index contributed by atoms with van der Waals surface area (Å²) in [7, 11) is 0. The molecule has 0 unspecified atom stereocenters. The Bertz CT molecular complexity index is 655. The van der Waals surface area contributed by atoms with E-state index in [1.165, 1.54) is 11.8 Å². The Morgan fingerprint density at radius 2 is 1.96 bits per heavy atom. The number of nitrogens with one attached hydrogen (secondary N) is 1. The second-order valence-electron chi connectivity index (χ2n) is 6.51. The highest BCUT2D eigenvalue weighted by molar-refractivity contribution is 5.61. The number of aliphatic hydroxyl groups is 1. The zero-order valence-electron chi connectivity index (χ0n) is 13.1. The van der Waals surface area contributed by atoms with E-state index in [0.29, 0.717) is 24.0 Å². The molecule has 23 heavy (non-hydrogen) atoms. The Morgan fingerprint density at radius 1 is 1.22 bits per heavy atom. The largest absolute Gasteiger partial charge is 0.396 e. The Hall–Kier alpha value is -2.34. The number of nitrogens with two attached hydrogens (primary N) is 2. The molecule has 1 saturated carbocycles. The van der Waals surface area contributed by atoms with Gasteiger partial charge in [0.1, 0.15) is 0 Å². The maximum absolute atomic E-state index is 9.79. The Morgan fingerprint density at radius 3 is 2.65 bits per heavy atom. The quantitative estimate of drug-likeness (QED) is 0.646. The molecule has 6 heteroatoms. The predicted octanol–water partition coefficient (Wildman–Crippen LogP) is 1.68. The van der Waals surface area contributed by atoms with Crippen LogP contribution in [0.1, 0.15) is 18.4 Å². The van der Waals surface area contributed by atoms with Crippen LogP contribution in [0.2, 0.25) is 0 Å². The van der Waals surface area contributed by atoms with Crippen LogP contribution >= 0.6 is 0 Å². The van der Waals surface area contributed by atoms with E-state index >= 15 is 0 Å². The maximum atomic E-state index is 9.79. The van der Waals surface area contributed by atoms with Crippen molar-refractivity contribution >= 4 is 17.5 Å². The molecule has 2 aromatic rings. The molecule has 0 radical (unpaired) electrons. The van der Waals surface area contributed by atoms with Crippen LogP contribution in [0.15, 0.2) is 36.5 Å². The molecule has 1 aliphatic rings. The fraction of sp³-hybridized carbons (Fsp3) is 0.412. The predicted molar refractivity (Wildman–Crippen MR) is 91.7 cm³/mol. The van der Waals surface area contributed by atoms with Gasteiger partial charge < -0.3 is 21.9 Å². The standard InChI is InChI=1S/C17H23N5O/c18-14-9-20-16(19)22-15(14)21-10-17(11-23)7-13(8-17)6-12-4-2-1-3-5-12/h1-5,9,13,23H,6-8,10-11,18H2,(H3,19,20,21,22). The summed E-state index contributed by atoms with van der Waals surface area (Å²) >= 11 is 0. The minimum Gasteiger partial charge on any atom is -0.396 e. The molecule has 122 valence electrons. The third-order valence-electron chi connectivity index (χ3n) is 4.61. The lowest BCUT2D eigenvalue weighted by Gasteiger charge is -2.47. The first kappa shape index (κ1) is 15.6. The molecule has 1 fully saturated rings. The SMILES string of the molecule is Nc1ncc(N)c(NCC2(CO)CC(Cc3ccccc3)C2)n1. The Labute approximate surface area is 136 Å². The first-order valence-electron chi connectivity index (χ1n) is 7.87. The molecular formula is C17H23N5O.